The molecule has 3 aromatic rings. The lowest BCUT2D eigenvalue weighted by molar-refractivity contribution is 0.0953. The van der Waals surface area contributed by atoms with Gasteiger partial charge in [-0.25, -0.2) is 5.84 Å². The fourth-order valence-corrected chi connectivity index (χ4v) is 2.47. The molecule has 0 aliphatic carbocycles. The van der Waals surface area contributed by atoms with Crippen LogP contribution in [0.15, 0.2) is 54.7 Å². The van der Waals surface area contributed by atoms with E-state index in [9.17, 15) is 4.79 Å². The number of benzene rings is 2. The molecule has 0 aliphatic rings. The van der Waals surface area contributed by atoms with Crippen LogP contribution in [0.2, 0.25) is 0 Å². The number of carbonyl (C=O) groups excluding carboxylic acids is 1. The summed E-state index contributed by atoms with van der Waals surface area (Å²) in [6.45, 7) is 2.87. The van der Waals surface area contributed by atoms with E-state index in [0.717, 1.165) is 12.1 Å². The number of amides is 1. The second-order valence-electron chi connectivity index (χ2n) is 5.18. The summed E-state index contributed by atoms with van der Waals surface area (Å²) in [5, 5.41) is 1.24. The highest BCUT2D eigenvalue weighted by atomic mass is 16.2. The number of hydrogen-bond donors (Lipinski definition) is 2. The number of rotatable bonds is 3. The third kappa shape index (κ3) is 2.66. The van der Waals surface area contributed by atoms with Crippen LogP contribution in [0, 0.1) is 6.92 Å². The Morgan fingerprint density at radius 2 is 1.90 bits per heavy atom. The topological polar surface area (TPSA) is 60.0 Å². The van der Waals surface area contributed by atoms with Gasteiger partial charge in [0.2, 0.25) is 0 Å². The van der Waals surface area contributed by atoms with E-state index in [1.807, 2.05) is 12.1 Å². The van der Waals surface area contributed by atoms with Gasteiger partial charge in [0.05, 0.1) is 0 Å². The average Bonchev–Trinajstić information content (AvgIpc) is 2.89. The molecular weight excluding hydrogens is 262 g/mol. The van der Waals surface area contributed by atoms with E-state index in [0.29, 0.717) is 5.56 Å². The molecule has 0 spiro atoms. The molecule has 21 heavy (non-hydrogen) atoms. The Balaban J connectivity index is 1.88. The van der Waals surface area contributed by atoms with Gasteiger partial charge in [0, 0.05) is 23.8 Å². The highest BCUT2D eigenvalue weighted by molar-refractivity contribution is 5.93. The first kappa shape index (κ1) is 13.4. The molecule has 1 heterocycles. The first-order valence-corrected chi connectivity index (χ1v) is 6.83. The fraction of sp³-hybridized carbons (Fsp3) is 0.118. The summed E-state index contributed by atoms with van der Waals surface area (Å²) in [4.78, 5) is 11.4. The molecule has 106 valence electrons. The molecule has 3 N–H and O–H groups in total. The zero-order valence-electron chi connectivity index (χ0n) is 11.8. The van der Waals surface area contributed by atoms with E-state index >= 15 is 0 Å². The summed E-state index contributed by atoms with van der Waals surface area (Å²) in [5.74, 6) is 4.85. The van der Waals surface area contributed by atoms with Crippen LogP contribution in [0.1, 0.15) is 21.5 Å². The largest absolute Gasteiger partial charge is 0.343 e. The fourth-order valence-electron chi connectivity index (χ4n) is 2.47. The molecule has 0 saturated heterocycles. The lowest BCUT2D eigenvalue weighted by atomic mass is 10.1. The van der Waals surface area contributed by atoms with Crippen molar-refractivity contribution in [3.63, 3.8) is 0 Å². The number of nitrogens with zero attached hydrogens (tertiary/aromatic N) is 1. The highest BCUT2D eigenvalue weighted by Gasteiger charge is 2.05. The molecule has 0 saturated carbocycles. The van der Waals surface area contributed by atoms with Crippen LogP contribution in [0.5, 0.6) is 0 Å². The van der Waals surface area contributed by atoms with Crippen molar-refractivity contribution in [1.82, 2.24) is 9.99 Å². The number of nitrogens with one attached hydrogen (secondary N) is 1. The molecule has 4 heteroatoms. The van der Waals surface area contributed by atoms with Gasteiger partial charge in [0.1, 0.15) is 0 Å². The molecule has 4 nitrogen and oxygen atoms in total. The monoisotopic (exact) mass is 279 g/mol. The third-order valence-electron chi connectivity index (χ3n) is 3.63. The molecule has 1 amide bonds. The second-order valence-corrected chi connectivity index (χ2v) is 5.18. The van der Waals surface area contributed by atoms with Gasteiger partial charge in [-0.15, -0.1) is 0 Å². The number of hydrazine groups is 1. The standard InChI is InChI=1S/C17H17N3O/c1-12-2-5-14-8-9-20(16(14)10-12)11-13-3-6-15(7-4-13)17(21)19-18/h2-10H,11,18H2,1H3,(H,19,21). The third-order valence-corrected chi connectivity index (χ3v) is 3.63. The van der Waals surface area contributed by atoms with E-state index in [4.69, 9.17) is 5.84 Å². The predicted molar refractivity (Wildman–Crippen MR) is 83.9 cm³/mol. The van der Waals surface area contributed by atoms with Gasteiger partial charge in [0.25, 0.3) is 5.91 Å². The number of aromatic nitrogens is 1. The van der Waals surface area contributed by atoms with Gasteiger partial charge in [-0.05, 0) is 47.7 Å². The van der Waals surface area contributed by atoms with E-state index in [-0.39, 0.29) is 5.91 Å². The molecule has 0 atom stereocenters. The van der Waals surface area contributed by atoms with Gasteiger partial charge in [-0.3, -0.25) is 10.2 Å². The minimum atomic E-state index is -0.274. The number of carbonyl (C=O) groups is 1. The highest BCUT2D eigenvalue weighted by Crippen LogP contribution is 2.19. The summed E-state index contributed by atoms with van der Waals surface area (Å²) >= 11 is 0. The van der Waals surface area contributed by atoms with Crippen molar-refractivity contribution in [2.45, 2.75) is 13.5 Å². The molecule has 0 bridgehead atoms. The molecule has 3 rings (SSSR count). The van der Waals surface area contributed by atoms with Crippen molar-refractivity contribution in [1.29, 1.82) is 0 Å². The summed E-state index contributed by atoms with van der Waals surface area (Å²) in [7, 11) is 0. The maximum absolute atomic E-state index is 11.4. The molecule has 0 radical (unpaired) electrons. The predicted octanol–water partition coefficient (Wildman–Crippen LogP) is 2.60. The van der Waals surface area contributed by atoms with Crippen molar-refractivity contribution >= 4 is 16.8 Å². The Bertz CT molecular complexity index is 787. The van der Waals surface area contributed by atoms with Crippen molar-refractivity contribution in [2.75, 3.05) is 0 Å². The first-order chi connectivity index (χ1) is 10.2. The second kappa shape index (κ2) is 5.42. The Morgan fingerprint density at radius 1 is 1.14 bits per heavy atom. The SMILES string of the molecule is Cc1ccc2ccn(Cc3ccc(C(=O)NN)cc3)c2c1. The minimum Gasteiger partial charge on any atom is -0.343 e. The zero-order valence-corrected chi connectivity index (χ0v) is 11.8. The number of aryl methyl sites for hydroxylation is 1. The Kier molecular flexibility index (Phi) is 3.46. The maximum atomic E-state index is 11.4. The van der Waals surface area contributed by atoms with Gasteiger partial charge in [-0.2, -0.15) is 0 Å². The van der Waals surface area contributed by atoms with Crippen molar-refractivity contribution in [3.8, 4) is 0 Å². The van der Waals surface area contributed by atoms with Crippen LogP contribution in [-0.4, -0.2) is 10.5 Å². The van der Waals surface area contributed by atoms with Gasteiger partial charge >= 0.3 is 0 Å². The molecule has 0 fully saturated rings. The van der Waals surface area contributed by atoms with Crippen LogP contribution in [-0.2, 0) is 6.54 Å². The lowest BCUT2D eigenvalue weighted by Crippen LogP contribution is -2.29. The van der Waals surface area contributed by atoms with E-state index in [2.05, 4.69) is 47.4 Å². The number of nitrogen functional groups attached to an aromatic ring is 1. The van der Waals surface area contributed by atoms with Crippen LogP contribution in [0.3, 0.4) is 0 Å². The quantitative estimate of drug-likeness (QED) is 0.440. The molecular formula is C17H17N3O. The molecule has 2 aromatic carbocycles. The Hall–Kier alpha value is -2.59. The van der Waals surface area contributed by atoms with Gasteiger partial charge in [-0.1, -0.05) is 24.3 Å². The van der Waals surface area contributed by atoms with E-state index in [1.165, 1.54) is 16.5 Å². The Morgan fingerprint density at radius 3 is 2.62 bits per heavy atom. The van der Waals surface area contributed by atoms with Crippen molar-refractivity contribution < 1.29 is 4.79 Å². The van der Waals surface area contributed by atoms with Crippen LogP contribution in [0.25, 0.3) is 10.9 Å². The first-order valence-electron chi connectivity index (χ1n) is 6.83. The number of hydrogen-bond acceptors (Lipinski definition) is 2. The number of nitrogens with two attached hydrogens (primary N) is 1. The van der Waals surface area contributed by atoms with Gasteiger partial charge < -0.3 is 4.57 Å². The minimum absolute atomic E-state index is 0.274. The summed E-state index contributed by atoms with van der Waals surface area (Å²) < 4.78 is 2.21. The van der Waals surface area contributed by atoms with Crippen molar-refractivity contribution in [2.24, 2.45) is 5.84 Å². The Labute approximate surface area is 123 Å². The van der Waals surface area contributed by atoms with Crippen molar-refractivity contribution in [3.05, 3.63) is 71.4 Å². The van der Waals surface area contributed by atoms with Gasteiger partial charge in [0.15, 0.2) is 0 Å². The zero-order chi connectivity index (χ0) is 14.8. The lowest BCUT2D eigenvalue weighted by Gasteiger charge is -2.07. The normalized spacial score (nSPS) is 10.8. The van der Waals surface area contributed by atoms with Crippen LogP contribution >= 0.6 is 0 Å². The van der Waals surface area contributed by atoms with E-state index < -0.39 is 0 Å². The summed E-state index contributed by atoms with van der Waals surface area (Å²) in [5.41, 5.74) is 6.31. The van der Waals surface area contributed by atoms with Crippen LogP contribution < -0.4 is 11.3 Å². The summed E-state index contributed by atoms with van der Waals surface area (Å²) in [6, 6.07) is 16.0. The maximum Gasteiger partial charge on any atom is 0.265 e. The molecule has 0 aliphatic heterocycles. The molecule has 0 unspecified atom stereocenters. The molecule has 1 aromatic heterocycles. The number of fused-ring (bicyclic) bond motifs is 1. The van der Waals surface area contributed by atoms with Crippen LogP contribution in [0.4, 0.5) is 0 Å². The summed E-state index contributed by atoms with van der Waals surface area (Å²) in [6.07, 6.45) is 2.09. The smallest absolute Gasteiger partial charge is 0.265 e. The average molecular weight is 279 g/mol. The van der Waals surface area contributed by atoms with E-state index in [1.54, 1.807) is 12.1 Å².